The van der Waals surface area contributed by atoms with E-state index >= 15 is 0 Å². The summed E-state index contributed by atoms with van der Waals surface area (Å²) in [7, 11) is 0. The van der Waals surface area contributed by atoms with Crippen LogP contribution in [-0.2, 0) is 14.3 Å². The highest BCUT2D eigenvalue weighted by molar-refractivity contribution is 5.66. The number of carbonyl (C=O) groups is 1. The van der Waals surface area contributed by atoms with Crippen LogP contribution in [0.4, 0.5) is 0 Å². The minimum atomic E-state index is -0.0953. The Kier molecular flexibility index (Phi) is 5.16. The lowest BCUT2D eigenvalue weighted by molar-refractivity contribution is -0.181. The first-order chi connectivity index (χ1) is 16.2. The largest absolute Gasteiger partial charge is 0.462 e. The molecule has 0 aromatic heterocycles. The number of fused-ring (bicyclic) bond motifs is 2. The summed E-state index contributed by atoms with van der Waals surface area (Å²) in [5, 5.41) is 0. The van der Waals surface area contributed by atoms with Crippen LogP contribution in [0.15, 0.2) is 0 Å². The number of ether oxygens (including phenoxy) is 2. The molecule has 10 atom stereocenters. The van der Waals surface area contributed by atoms with Crippen molar-refractivity contribution in [3.05, 3.63) is 0 Å². The van der Waals surface area contributed by atoms with Gasteiger partial charge in [-0.15, -0.1) is 0 Å². The van der Waals surface area contributed by atoms with E-state index in [0.29, 0.717) is 27.8 Å². The standard InChI is InChI=1S/C32H52O3/c1-20(9-12-26-28(5,6)35-26)22-13-15-30(8)24-11-10-23-27(3,4)25(34-21(2)33)14-16-31(23)19-32(24,31)18-17-29(22,30)7/h20,22-26H,9-19H2,1-8H3/t20-,22?,23?,24?,25+,26?,29-,30+,31-,32+/m1/s1. The van der Waals surface area contributed by atoms with Crippen molar-refractivity contribution >= 4 is 5.97 Å². The van der Waals surface area contributed by atoms with E-state index in [-0.39, 0.29) is 23.1 Å². The van der Waals surface area contributed by atoms with Gasteiger partial charge < -0.3 is 9.47 Å². The molecule has 6 aliphatic rings. The van der Waals surface area contributed by atoms with Crippen LogP contribution in [0, 0.1) is 50.7 Å². The molecular weight excluding hydrogens is 432 g/mol. The smallest absolute Gasteiger partial charge is 0.302 e. The topological polar surface area (TPSA) is 38.8 Å². The SMILES string of the molecule is CC(=O)O[C@H]1CC[C@]23C[C@]24CC[C@]2(C)C([C@H](C)CCC5OC5(C)C)CC[C@@]2(C)C4CCC3C1(C)C. The number of epoxide rings is 1. The van der Waals surface area contributed by atoms with Crippen molar-refractivity contribution in [3.63, 3.8) is 0 Å². The minimum Gasteiger partial charge on any atom is -0.462 e. The summed E-state index contributed by atoms with van der Waals surface area (Å²) < 4.78 is 11.8. The van der Waals surface area contributed by atoms with Crippen LogP contribution >= 0.6 is 0 Å². The quantitative estimate of drug-likeness (QED) is 0.293. The predicted molar refractivity (Wildman–Crippen MR) is 140 cm³/mol. The normalized spacial score (nSPS) is 53.4. The van der Waals surface area contributed by atoms with Crippen molar-refractivity contribution in [2.45, 2.75) is 144 Å². The Morgan fingerprint density at radius 1 is 0.886 bits per heavy atom. The Hall–Kier alpha value is -0.570. The van der Waals surface area contributed by atoms with E-state index in [1.807, 2.05) is 0 Å². The van der Waals surface area contributed by atoms with Crippen LogP contribution in [0.25, 0.3) is 0 Å². The van der Waals surface area contributed by atoms with Crippen LogP contribution in [0.3, 0.4) is 0 Å². The summed E-state index contributed by atoms with van der Waals surface area (Å²) in [5.41, 5.74) is 2.32. The van der Waals surface area contributed by atoms with Crippen molar-refractivity contribution in [1.29, 1.82) is 0 Å². The van der Waals surface area contributed by atoms with Gasteiger partial charge in [0.1, 0.15) is 6.10 Å². The predicted octanol–water partition coefficient (Wildman–Crippen LogP) is 7.95. The number of hydrogen-bond acceptors (Lipinski definition) is 3. The molecule has 3 heteroatoms. The molecule has 0 N–H and O–H groups in total. The summed E-state index contributed by atoms with van der Waals surface area (Å²) in [6.07, 6.45) is 15.5. The third-order valence-corrected chi connectivity index (χ3v) is 14.2. The van der Waals surface area contributed by atoms with Gasteiger partial charge in [-0.1, -0.05) is 34.6 Å². The van der Waals surface area contributed by atoms with Crippen LogP contribution in [0.5, 0.6) is 0 Å². The van der Waals surface area contributed by atoms with Gasteiger partial charge >= 0.3 is 5.97 Å². The van der Waals surface area contributed by atoms with Gasteiger partial charge in [0.05, 0.1) is 11.7 Å². The zero-order valence-corrected chi connectivity index (χ0v) is 24.0. The van der Waals surface area contributed by atoms with Gasteiger partial charge in [0, 0.05) is 12.3 Å². The Labute approximate surface area is 214 Å². The van der Waals surface area contributed by atoms with Crippen molar-refractivity contribution in [1.82, 2.24) is 0 Å². The third kappa shape index (κ3) is 3.09. The number of rotatable bonds is 5. The molecule has 3 nitrogen and oxygen atoms in total. The molecule has 4 unspecified atom stereocenters. The summed E-state index contributed by atoms with van der Waals surface area (Å²) >= 11 is 0. The maximum absolute atomic E-state index is 11.9. The molecule has 6 fully saturated rings. The lowest BCUT2D eigenvalue weighted by Gasteiger charge is -2.63. The first-order valence-electron chi connectivity index (χ1n) is 15.1. The van der Waals surface area contributed by atoms with Gasteiger partial charge in [0.25, 0.3) is 0 Å². The van der Waals surface area contributed by atoms with E-state index in [9.17, 15) is 4.79 Å². The van der Waals surface area contributed by atoms with Gasteiger partial charge in [-0.2, -0.15) is 0 Å². The van der Waals surface area contributed by atoms with Crippen LogP contribution in [0.2, 0.25) is 0 Å². The van der Waals surface area contributed by atoms with Crippen LogP contribution in [0.1, 0.15) is 126 Å². The number of esters is 1. The molecule has 0 bridgehead atoms. The van der Waals surface area contributed by atoms with E-state index in [0.717, 1.165) is 30.1 Å². The summed E-state index contributed by atoms with van der Waals surface area (Å²) in [4.78, 5) is 11.9. The van der Waals surface area contributed by atoms with Gasteiger partial charge in [-0.3, -0.25) is 4.79 Å². The zero-order chi connectivity index (χ0) is 25.2. The van der Waals surface area contributed by atoms with Gasteiger partial charge in [0.2, 0.25) is 0 Å². The van der Waals surface area contributed by atoms with Crippen LogP contribution in [-0.4, -0.2) is 23.8 Å². The van der Waals surface area contributed by atoms with Crippen molar-refractivity contribution < 1.29 is 14.3 Å². The summed E-state index contributed by atoms with van der Waals surface area (Å²) in [6.45, 7) is 19.0. The number of hydrogen-bond donors (Lipinski definition) is 0. The molecule has 6 rings (SSSR count). The van der Waals surface area contributed by atoms with Gasteiger partial charge in [0.15, 0.2) is 0 Å². The monoisotopic (exact) mass is 484 g/mol. The molecule has 0 aromatic rings. The Balaban J connectivity index is 1.22. The van der Waals surface area contributed by atoms with Crippen molar-refractivity contribution in [3.8, 4) is 0 Å². The van der Waals surface area contributed by atoms with E-state index in [1.54, 1.807) is 6.92 Å². The molecule has 0 aromatic carbocycles. The molecule has 198 valence electrons. The molecule has 0 radical (unpaired) electrons. The molecule has 5 saturated carbocycles. The second-order valence-electron chi connectivity index (χ2n) is 15.9. The molecule has 1 aliphatic heterocycles. The molecule has 5 aliphatic carbocycles. The highest BCUT2D eigenvalue weighted by Gasteiger charge is 2.82. The van der Waals surface area contributed by atoms with Gasteiger partial charge in [-0.05, 0) is 130 Å². The Bertz CT molecular complexity index is 906. The number of carbonyl (C=O) groups excluding carboxylic acids is 1. The molecule has 0 amide bonds. The van der Waals surface area contributed by atoms with Crippen molar-refractivity contribution in [2.75, 3.05) is 0 Å². The zero-order valence-electron chi connectivity index (χ0n) is 24.0. The molecular formula is C32H52O3. The fourth-order valence-electron chi connectivity index (χ4n) is 12.1. The van der Waals surface area contributed by atoms with E-state index < -0.39 is 0 Å². The van der Waals surface area contributed by atoms with E-state index in [1.165, 1.54) is 64.2 Å². The third-order valence-electron chi connectivity index (χ3n) is 14.2. The lowest BCUT2D eigenvalue weighted by atomic mass is 9.41. The first kappa shape index (κ1) is 24.7. The minimum absolute atomic E-state index is 0.0953. The summed E-state index contributed by atoms with van der Waals surface area (Å²) in [6, 6.07) is 0. The fourth-order valence-corrected chi connectivity index (χ4v) is 12.1. The molecule has 1 saturated heterocycles. The Morgan fingerprint density at radius 3 is 2.20 bits per heavy atom. The highest BCUT2D eigenvalue weighted by atomic mass is 16.6. The maximum Gasteiger partial charge on any atom is 0.302 e. The maximum atomic E-state index is 11.9. The first-order valence-corrected chi connectivity index (χ1v) is 15.1. The lowest BCUT2D eigenvalue weighted by Crippen LogP contribution is -2.58. The average Bonchev–Trinajstić information content (AvgIpc) is 3.58. The fraction of sp³-hybridized carbons (Fsp3) is 0.969. The second kappa shape index (κ2) is 7.29. The molecule has 2 spiro atoms. The van der Waals surface area contributed by atoms with E-state index in [4.69, 9.17) is 9.47 Å². The van der Waals surface area contributed by atoms with Crippen LogP contribution < -0.4 is 0 Å². The van der Waals surface area contributed by atoms with Crippen molar-refractivity contribution in [2.24, 2.45) is 50.7 Å². The molecule has 35 heavy (non-hydrogen) atoms. The summed E-state index contributed by atoms with van der Waals surface area (Å²) in [5.74, 6) is 3.19. The Morgan fingerprint density at radius 2 is 1.54 bits per heavy atom. The second-order valence-corrected chi connectivity index (χ2v) is 15.9. The highest BCUT2D eigenvalue weighted by Crippen LogP contribution is 2.89. The van der Waals surface area contributed by atoms with E-state index in [2.05, 4.69) is 48.5 Å². The molecule has 1 heterocycles. The van der Waals surface area contributed by atoms with Gasteiger partial charge in [-0.25, -0.2) is 0 Å². The average molecular weight is 485 g/mol.